The minimum atomic E-state index is -1.86. The summed E-state index contributed by atoms with van der Waals surface area (Å²) >= 11 is 0. The van der Waals surface area contributed by atoms with Crippen molar-refractivity contribution in [1.82, 2.24) is 0 Å². The van der Waals surface area contributed by atoms with Gasteiger partial charge in [0, 0.05) is 29.6 Å². The van der Waals surface area contributed by atoms with E-state index in [-0.39, 0.29) is 49.1 Å². The molecule has 0 aromatic heterocycles. The van der Waals surface area contributed by atoms with Crippen molar-refractivity contribution in [3.63, 3.8) is 0 Å². The second-order valence-electron chi connectivity index (χ2n) is 14.6. The number of allylic oxidation sites excluding steroid dienone is 2. The van der Waals surface area contributed by atoms with Crippen LogP contribution in [0.3, 0.4) is 0 Å². The van der Waals surface area contributed by atoms with E-state index < -0.39 is 56.8 Å². The van der Waals surface area contributed by atoms with Crippen molar-refractivity contribution >= 4 is 17.3 Å². The molecule has 0 radical (unpaired) electrons. The molecule has 0 spiro atoms. The van der Waals surface area contributed by atoms with Crippen LogP contribution < -0.4 is 0 Å². The Morgan fingerprint density at radius 2 is 1.62 bits per heavy atom. The molecule has 7 nitrogen and oxygen atoms in total. The molecule has 37 heavy (non-hydrogen) atoms. The van der Waals surface area contributed by atoms with E-state index in [0.717, 1.165) is 5.57 Å². The molecule has 0 bridgehead atoms. The predicted octanol–water partition coefficient (Wildman–Crippen LogP) is 3.15. The highest BCUT2D eigenvalue weighted by atomic mass is 16.3. The Morgan fingerprint density at radius 3 is 2.19 bits per heavy atom. The molecule has 7 heteroatoms. The zero-order chi connectivity index (χ0) is 28.1. The van der Waals surface area contributed by atoms with Gasteiger partial charge in [-0.25, -0.2) is 0 Å². The number of rotatable bonds is 5. The quantitative estimate of drug-likeness (QED) is 0.411. The van der Waals surface area contributed by atoms with Crippen LogP contribution in [0.4, 0.5) is 0 Å². The van der Waals surface area contributed by atoms with E-state index in [9.17, 15) is 34.8 Å². The van der Waals surface area contributed by atoms with Gasteiger partial charge in [0.05, 0.1) is 11.7 Å². The van der Waals surface area contributed by atoms with Crippen molar-refractivity contribution in [2.24, 2.45) is 39.4 Å². The number of hydrogen-bond acceptors (Lipinski definition) is 7. The highest BCUT2D eigenvalue weighted by Gasteiger charge is 2.74. The Bertz CT molecular complexity index is 1050. The van der Waals surface area contributed by atoms with Crippen LogP contribution in [0, 0.1) is 39.4 Å². The molecule has 0 aromatic carbocycles. The van der Waals surface area contributed by atoms with Crippen molar-refractivity contribution in [2.75, 3.05) is 0 Å². The molecule has 4 N–H and O–H groups in total. The zero-order valence-corrected chi connectivity index (χ0v) is 23.7. The third-order valence-corrected chi connectivity index (χ3v) is 11.5. The highest BCUT2D eigenvalue weighted by Crippen LogP contribution is 2.74. The summed E-state index contributed by atoms with van der Waals surface area (Å²) in [5.74, 6) is -1.96. The molecule has 0 amide bonds. The fourth-order valence-corrected chi connectivity index (χ4v) is 9.24. The maximum absolute atomic E-state index is 14.2. The summed E-state index contributed by atoms with van der Waals surface area (Å²) in [5.41, 5.74) is -5.10. The largest absolute Gasteiger partial charge is 0.393 e. The molecule has 0 aliphatic heterocycles. The minimum absolute atomic E-state index is 0.00395. The lowest BCUT2D eigenvalue weighted by Gasteiger charge is -2.64. The molecule has 4 aliphatic rings. The van der Waals surface area contributed by atoms with Crippen molar-refractivity contribution in [3.05, 3.63) is 11.6 Å². The van der Waals surface area contributed by atoms with Crippen molar-refractivity contribution < 1.29 is 34.8 Å². The third-order valence-electron chi connectivity index (χ3n) is 11.5. The molecular weight excluding hydrogens is 472 g/mol. The van der Waals surface area contributed by atoms with E-state index in [4.69, 9.17) is 0 Å². The van der Waals surface area contributed by atoms with Crippen LogP contribution in [0.1, 0.15) is 93.9 Å². The van der Waals surface area contributed by atoms with E-state index in [1.807, 2.05) is 27.7 Å². The molecule has 3 saturated carbocycles. The summed E-state index contributed by atoms with van der Waals surface area (Å²) in [6.45, 7) is 14.3. The zero-order valence-electron chi connectivity index (χ0n) is 23.7. The Labute approximate surface area is 220 Å². The van der Waals surface area contributed by atoms with Gasteiger partial charge in [-0.1, -0.05) is 32.4 Å². The van der Waals surface area contributed by atoms with Crippen LogP contribution in [-0.2, 0) is 14.4 Å². The first-order chi connectivity index (χ1) is 16.7. The molecule has 3 fully saturated rings. The van der Waals surface area contributed by atoms with Crippen molar-refractivity contribution in [2.45, 2.75) is 117 Å². The maximum atomic E-state index is 14.2. The molecule has 4 rings (SSSR count). The minimum Gasteiger partial charge on any atom is -0.393 e. The summed E-state index contributed by atoms with van der Waals surface area (Å²) in [6, 6.07) is 0. The van der Waals surface area contributed by atoms with Gasteiger partial charge in [-0.3, -0.25) is 14.4 Å². The lowest BCUT2D eigenvalue weighted by atomic mass is 9.38. The Kier molecular flexibility index (Phi) is 6.41. The van der Waals surface area contributed by atoms with E-state index in [2.05, 4.69) is 13.0 Å². The van der Waals surface area contributed by atoms with Crippen LogP contribution >= 0.6 is 0 Å². The van der Waals surface area contributed by atoms with Gasteiger partial charge in [-0.05, 0) is 83.0 Å². The number of ketones is 3. The molecule has 208 valence electrons. The summed E-state index contributed by atoms with van der Waals surface area (Å²) in [7, 11) is 0. The second-order valence-corrected chi connectivity index (χ2v) is 14.6. The van der Waals surface area contributed by atoms with Gasteiger partial charge in [0.2, 0.25) is 0 Å². The Hall–Kier alpha value is -1.41. The molecule has 4 aliphatic carbocycles. The summed E-state index contributed by atoms with van der Waals surface area (Å²) in [5, 5.41) is 43.9. The van der Waals surface area contributed by atoms with Crippen molar-refractivity contribution in [3.8, 4) is 0 Å². The lowest BCUT2D eigenvalue weighted by Crippen LogP contribution is -2.65. The van der Waals surface area contributed by atoms with Gasteiger partial charge >= 0.3 is 0 Å². The van der Waals surface area contributed by atoms with Gasteiger partial charge in [-0.2, -0.15) is 0 Å². The lowest BCUT2D eigenvalue weighted by molar-refractivity contribution is -0.185. The van der Waals surface area contributed by atoms with Crippen LogP contribution in [0.2, 0.25) is 0 Å². The van der Waals surface area contributed by atoms with Crippen LogP contribution in [0.25, 0.3) is 0 Å². The van der Waals surface area contributed by atoms with E-state index in [1.54, 1.807) is 13.8 Å². The van der Waals surface area contributed by atoms with Crippen molar-refractivity contribution in [1.29, 1.82) is 0 Å². The molecular formula is C30H46O7. The summed E-state index contributed by atoms with van der Waals surface area (Å²) < 4.78 is 0. The summed E-state index contributed by atoms with van der Waals surface area (Å²) in [6.07, 6.45) is 1.33. The molecule has 0 unspecified atom stereocenters. The van der Waals surface area contributed by atoms with E-state index in [1.165, 1.54) is 6.92 Å². The molecule has 0 aromatic rings. The number of carbonyl (C=O) groups excluding carboxylic acids is 3. The monoisotopic (exact) mass is 518 g/mol. The summed E-state index contributed by atoms with van der Waals surface area (Å²) in [4.78, 5) is 40.4. The topological polar surface area (TPSA) is 132 Å². The Morgan fingerprint density at radius 1 is 1.03 bits per heavy atom. The second kappa shape index (κ2) is 8.30. The number of fused-ring (bicyclic) bond motifs is 5. The van der Waals surface area contributed by atoms with E-state index in [0.29, 0.717) is 12.8 Å². The molecule has 9 atom stereocenters. The van der Waals surface area contributed by atoms with Gasteiger partial charge in [0.25, 0.3) is 0 Å². The van der Waals surface area contributed by atoms with Crippen LogP contribution in [0.5, 0.6) is 0 Å². The first kappa shape index (κ1) is 28.6. The average molecular weight is 519 g/mol. The van der Waals surface area contributed by atoms with Crippen LogP contribution in [0.15, 0.2) is 11.6 Å². The number of hydrogen-bond donors (Lipinski definition) is 4. The Balaban J connectivity index is 1.77. The smallest absolute Gasteiger partial charge is 0.170 e. The van der Waals surface area contributed by atoms with Crippen LogP contribution in [-0.4, -0.2) is 61.2 Å². The SMILES string of the molecule is CC(C)(O)CCC(=O)[C@](C)(O)[C@@H]1[C@H](O)C[C@]2(C)[C@@H]3CC=C4[C@H](C[C@H](O)C(=O)C4(C)C)[C@]3(C)C(=O)C[C@@]12C. The number of aliphatic hydroxyl groups excluding tert-OH is 2. The highest BCUT2D eigenvalue weighted by molar-refractivity contribution is 5.95. The molecule has 0 saturated heterocycles. The maximum Gasteiger partial charge on any atom is 0.170 e. The first-order valence-electron chi connectivity index (χ1n) is 13.8. The van der Waals surface area contributed by atoms with Gasteiger partial charge in [0.1, 0.15) is 17.5 Å². The fourth-order valence-electron chi connectivity index (χ4n) is 9.24. The average Bonchev–Trinajstić information content (AvgIpc) is 2.96. The standard InChI is InChI=1S/C30H46O7/c1-25(2,36)12-11-21(33)30(8,37)23-19(32)14-27(5)20-10-9-16-17(13-18(31)24(35)26(16,3)4)29(20,7)22(34)15-28(23,27)6/h9,17-20,23,31-32,36-37H,10-15H2,1-8H3/t17-,18-,19+,20-,23+,27+,28-,29-,30-/m0/s1. The molecule has 0 heterocycles. The normalized spacial score (nSPS) is 44.9. The predicted molar refractivity (Wildman–Crippen MR) is 138 cm³/mol. The van der Waals surface area contributed by atoms with Gasteiger partial charge in [0.15, 0.2) is 11.6 Å². The third kappa shape index (κ3) is 3.78. The first-order valence-corrected chi connectivity index (χ1v) is 13.8. The number of aliphatic hydroxyl groups is 4. The van der Waals surface area contributed by atoms with Gasteiger partial charge < -0.3 is 20.4 Å². The van der Waals surface area contributed by atoms with E-state index >= 15 is 0 Å². The number of carbonyl (C=O) groups is 3. The fraction of sp³-hybridized carbons (Fsp3) is 0.833. The van der Waals surface area contributed by atoms with Gasteiger partial charge in [-0.15, -0.1) is 0 Å². The number of Topliss-reactive ketones (excluding diaryl/α,β-unsaturated/α-hetero) is 3.